The van der Waals surface area contributed by atoms with Crippen molar-refractivity contribution in [1.29, 1.82) is 0 Å². The van der Waals surface area contributed by atoms with Gasteiger partial charge >= 0.3 is 0 Å². The summed E-state index contributed by atoms with van der Waals surface area (Å²) >= 11 is 0. The third-order valence-corrected chi connectivity index (χ3v) is 3.41. The van der Waals surface area contributed by atoms with Gasteiger partial charge in [0.05, 0.1) is 0 Å². The van der Waals surface area contributed by atoms with Gasteiger partial charge in [0.1, 0.15) is 0 Å². The highest BCUT2D eigenvalue weighted by Gasteiger charge is 2.05. The van der Waals surface area contributed by atoms with Crippen molar-refractivity contribution in [3.8, 4) is 0 Å². The standard InChI is InChI=1S/C15H27N/c1-4-5-6-7-8-9-10-14(2)15-11-12-16(3)13-15/h11-14H,4-10H2,1-3H3. The minimum atomic E-state index is 0.729. The SMILES string of the molecule is CCCCCCCCC(C)c1ccn(C)c1. The van der Waals surface area contributed by atoms with Crippen molar-refractivity contribution in [1.82, 2.24) is 4.57 Å². The molecule has 0 amide bonds. The Balaban J connectivity index is 2.09. The van der Waals surface area contributed by atoms with Crippen molar-refractivity contribution in [2.75, 3.05) is 0 Å². The van der Waals surface area contributed by atoms with E-state index in [0.717, 1.165) is 5.92 Å². The average molecular weight is 221 g/mol. The molecule has 1 aromatic heterocycles. The lowest BCUT2D eigenvalue weighted by Gasteiger charge is -2.09. The van der Waals surface area contributed by atoms with Crippen LogP contribution in [-0.2, 0) is 7.05 Å². The van der Waals surface area contributed by atoms with Crippen LogP contribution in [0.1, 0.15) is 70.3 Å². The van der Waals surface area contributed by atoms with Crippen LogP contribution < -0.4 is 0 Å². The molecule has 1 heteroatoms. The predicted octanol–water partition coefficient (Wildman–Crippen LogP) is 4.88. The molecule has 92 valence electrons. The summed E-state index contributed by atoms with van der Waals surface area (Å²) in [6.07, 6.45) is 14.2. The number of unbranched alkanes of at least 4 members (excludes halogenated alkanes) is 5. The average Bonchev–Trinajstić information content (AvgIpc) is 2.70. The first-order valence-electron chi connectivity index (χ1n) is 6.86. The first-order chi connectivity index (χ1) is 7.74. The second-order valence-corrected chi connectivity index (χ2v) is 5.07. The molecule has 0 aliphatic heterocycles. The molecule has 0 saturated carbocycles. The smallest absolute Gasteiger partial charge is 0.0106 e. The van der Waals surface area contributed by atoms with Gasteiger partial charge in [-0.3, -0.25) is 0 Å². The van der Waals surface area contributed by atoms with E-state index in [9.17, 15) is 0 Å². The van der Waals surface area contributed by atoms with E-state index in [4.69, 9.17) is 0 Å². The lowest BCUT2D eigenvalue weighted by atomic mass is 9.97. The number of aryl methyl sites for hydroxylation is 1. The predicted molar refractivity (Wildman–Crippen MR) is 71.8 cm³/mol. The van der Waals surface area contributed by atoms with Crippen LogP contribution in [0, 0.1) is 0 Å². The van der Waals surface area contributed by atoms with Crippen LogP contribution in [0.2, 0.25) is 0 Å². The molecular weight excluding hydrogens is 194 g/mol. The molecule has 16 heavy (non-hydrogen) atoms. The molecule has 0 aliphatic rings. The van der Waals surface area contributed by atoms with Crippen LogP contribution in [0.3, 0.4) is 0 Å². The number of hydrogen-bond acceptors (Lipinski definition) is 0. The first-order valence-corrected chi connectivity index (χ1v) is 6.86. The Hall–Kier alpha value is -0.720. The fraction of sp³-hybridized carbons (Fsp3) is 0.733. The van der Waals surface area contributed by atoms with E-state index in [1.807, 2.05) is 0 Å². The molecule has 1 unspecified atom stereocenters. The highest BCUT2D eigenvalue weighted by Crippen LogP contribution is 2.22. The third kappa shape index (κ3) is 4.87. The summed E-state index contributed by atoms with van der Waals surface area (Å²) in [7, 11) is 2.10. The van der Waals surface area contributed by atoms with Gasteiger partial charge in [0, 0.05) is 19.4 Å². The van der Waals surface area contributed by atoms with Gasteiger partial charge in [-0.05, 0) is 24.0 Å². The zero-order valence-electron chi connectivity index (χ0n) is 11.2. The largest absolute Gasteiger partial charge is 0.357 e. The molecule has 1 aromatic rings. The summed E-state index contributed by atoms with van der Waals surface area (Å²) in [5, 5.41) is 0. The van der Waals surface area contributed by atoms with Crippen molar-refractivity contribution >= 4 is 0 Å². The Bertz CT molecular complexity index is 275. The van der Waals surface area contributed by atoms with Crippen LogP contribution >= 0.6 is 0 Å². The second-order valence-electron chi connectivity index (χ2n) is 5.07. The summed E-state index contributed by atoms with van der Waals surface area (Å²) in [6, 6.07) is 2.25. The van der Waals surface area contributed by atoms with Gasteiger partial charge in [-0.1, -0.05) is 52.4 Å². The number of aromatic nitrogens is 1. The van der Waals surface area contributed by atoms with Gasteiger partial charge in [0.2, 0.25) is 0 Å². The lowest BCUT2D eigenvalue weighted by molar-refractivity contribution is 0.557. The third-order valence-electron chi connectivity index (χ3n) is 3.41. The molecule has 1 nitrogen and oxygen atoms in total. The Morgan fingerprint density at radius 2 is 1.81 bits per heavy atom. The van der Waals surface area contributed by atoms with Crippen molar-refractivity contribution in [2.45, 2.75) is 64.7 Å². The minimum Gasteiger partial charge on any atom is -0.357 e. The number of rotatable bonds is 8. The summed E-state index contributed by atoms with van der Waals surface area (Å²) in [6.45, 7) is 4.62. The Morgan fingerprint density at radius 1 is 1.12 bits per heavy atom. The summed E-state index contributed by atoms with van der Waals surface area (Å²) < 4.78 is 2.15. The second kappa shape index (κ2) is 7.54. The normalized spacial score (nSPS) is 12.9. The molecule has 0 aromatic carbocycles. The van der Waals surface area contributed by atoms with Gasteiger partial charge in [-0.2, -0.15) is 0 Å². The monoisotopic (exact) mass is 221 g/mol. The molecule has 0 radical (unpaired) electrons. The van der Waals surface area contributed by atoms with E-state index in [1.54, 1.807) is 0 Å². The zero-order chi connectivity index (χ0) is 11.8. The Morgan fingerprint density at radius 3 is 2.44 bits per heavy atom. The fourth-order valence-electron chi connectivity index (χ4n) is 2.21. The molecule has 1 heterocycles. The fourth-order valence-corrected chi connectivity index (χ4v) is 2.21. The molecular formula is C15H27N. The molecule has 0 N–H and O–H groups in total. The van der Waals surface area contributed by atoms with Gasteiger partial charge in [-0.15, -0.1) is 0 Å². The van der Waals surface area contributed by atoms with Crippen LogP contribution in [0.15, 0.2) is 18.5 Å². The number of hydrogen-bond donors (Lipinski definition) is 0. The Kier molecular flexibility index (Phi) is 6.29. The maximum atomic E-state index is 2.35. The van der Waals surface area contributed by atoms with Gasteiger partial charge in [-0.25, -0.2) is 0 Å². The maximum absolute atomic E-state index is 2.35. The van der Waals surface area contributed by atoms with Gasteiger partial charge in [0.25, 0.3) is 0 Å². The molecule has 0 saturated heterocycles. The quantitative estimate of drug-likeness (QED) is 0.551. The number of nitrogens with zero attached hydrogens (tertiary/aromatic N) is 1. The van der Waals surface area contributed by atoms with Crippen molar-refractivity contribution < 1.29 is 0 Å². The molecule has 0 aliphatic carbocycles. The lowest BCUT2D eigenvalue weighted by Crippen LogP contribution is -1.92. The van der Waals surface area contributed by atoms with E-state index in [1.165, 1.54) is 50.5 Å². The molecule has 0 bridgehead atoms. The molecule has 0 fully saturated rings. The Labute approximate surface area is 101 Å². The molecule has 0 spiro atoms. The van der Waals surface area contributed by atoms with Gasteiger partial charge < -0.3 is 4.57 Å². The summed E-state index contributed by atoms with van der Waals surface area (Å²) in [4.78, 5) is 0. The van der Waals surface area contributed by atoms with Crippen LogP contribution in [-0.4, -0.2) is 4.57 Å². The first kappa shape index (κ1) is 13.3. The van der Waals surface area contributed by atoms with Crippen molar-refractivity contribution in [3.63, 3.8) is 0 Å². The van der Waals surface area contributed by atoms with Crippen molar-refractivity contribution in [3.05, 3.63) is 24.0 Å². The molecule has 1 atom stereocenters. The molecule has 1 rings (SSSR count). The van der Waals surface area contributed by atoms with Crippen LogP contribution in [0.25, 0.3) is 0 Å². The van der Waals surface area contributed by atoms with Crippen LogP contribution in [0.5, 0.6) is 0 Å². The van der Waals surface area contributed by atoms with E-state index < -0.39 is 0 Å². The summed E-state index contributed by atoms with van der Waals surface area (Å²) in [5.41, 5.74) is 1.50. The van der Waals surface area contributed by atoms with E-state index in [-0.39, 0.29) is 0 Å². The summed E-state index contributed by atoms with van der Waals surface area (Å²) in [5.74, 6) is 0.729. The highest BCUT2D eigenvalue weighted by molar-refractivity contribution is 5.14. The zero-order valence-corrected chi connectivity index (χ0v) is 11.2. The minimum absolute atomic E-state index is 0.729. The van der Waals surface area contributed by atoms with Crippen LogP contribution in [0.4, 0.5) is 0 Å². The van der Waals surface area contributed by atoms with E-state index in [0.29, 0.717) is 0 Å². The van der Waals surface area contributed by atoms with E-state index >= 15 is 0 Å². The van der Waals surface area contributed by atoms with E-state index in [2.05, 4.69) is 43.9 Å². The maximum Gasteiger partial charge on any atom is 0.0106 e. The van der Waals surface area contributed by atoms with Crippen molar-refractivity contribution in [2.24, 2.45) is 7.05 Å². The van der Waals surface area contributed by atoms with Gasteiger partial charge in [0.15, 0.2) is 0 Å². The highest BCUT2D eigenvalue weighted by atomic mass is 14.9. The topological polar surface area (TPSA) is 4.93 Å².